The van der Waals surface area contributed by atoms with Crippen LogP contribution in [0.3, 0.4) is 0 Å². The van der Waals surface area contributed by atoms with Crippen LogP contribution in [0.1, 0.15) is 16.8 Å². The molecule has 0 bridgehead atoms. The fraction of sp³-hybridized carbons (Fsp3) is 0.188. The summed E-state index contributed by atoms with van der Waals surface area (Å²) in [5, 5.41) is 0. The van der Waals surface area contributed by atoms with Gasteiger partial charge in [0.15, 0.2) is 0 Å². The van der Waals surface area contributed by atoms with E-state index in [1.807, 2.05) is 49.4 Å². The van der Waals surface area contributed by atoms with Gasteiger partial charge in [-0.2, -0.15) is 0 Å². The van der Waals surface area contributed by atoms with Gasteiger partial charge in [-0.05, 0) is 18.6 Å². The molecule has 1 aromatic heterocycles. The lowest BCUT2D eigenvalue weighted by Crippen LogP contribution is -1.98. The summed E-state index contributed by atoms with van der Waals surface area (Å²) in [4.78, 5) is 4.29. The van der Waals surface area contributed by atoms with Gasteiger partial charge >= 0.3 is 0 Å². The van der Waals surface area contributed by atoms with Crippen LogP contribution in [0.5, 0.6) is 5.88 Å². The molecule has 98 valence electrons. The minimum absolute atomic E-state index is 0.496. The Balaban J connectivity index is 1.98. The highest BCUT2D eigenvalue weighted by atomic mass is 16.5. The van der Waals surface area contributed by atoms with Gasteiger partial charge in [0, 0.05) is 17.3 Å². The number of ether oxygens (including phenoxy) is 2. The molecule has 0 spiro atoms. The first kappa shape index (κ1) is 13.1. The molecule has 0 aliphatic carbocycles. The predicted molar refractivity (Wildman–Crippen MR) is 75.8 cm³/mol. The maximum absolute atomic E-state index is 5.63. The zero-order valence-electron chi connectivity index (χ0n) is 11.2. The fourth-order valence-corrected chi connectivity index (χ4v) is 1.66. The van der Waals surface area contributed by atoms with E-state index >= 15 is 0 Å². The van der Waals surface area contributed by atoms with E-state index in [4.69, 9.17) is 9.47 Å². The summed E-state index contributed by atoms with van der Waals surface area (Å²) in [6, 6.07) is 13.7. The van der Waals surface area contributed by atoms with E-state index in [9.17, 15) is 0 Å². The van der Waals surface area contributed by atoms with Crippen LogP contribution in [0.2, 0.25) is 0 Å². The van der Waals surface area contributed by atoms with Gasteiger partial charge < -0.3 is 9.47 Å². The fourth-order valence-electron chi connectivity index (χ4n) is 1.66. The van der Waals surface area contributed by atoms with Crippen LogP contribution in [0.25, 0.3) is 5.76 Å². The van der Waals surface area contributed by atoms with Crippen LogP contribution >= 0.6 is 0 Å². The Bertz CT molecular complexity index is 561. The Morgan fingerprint density at radius 1 is 1.16 bits per heavy atom. The van der Waals surface area contributed by atoms with Crippen molar-refractivity contribution in [3.05, 3.63) is 65.9 Å². The summed E-state index contributed by atoms with van der Waals surface area (Å²) in [6.07, 6.45) is 0. The SMILES string of the molecule is C=C(OC)c1ccc(COc2cccc(C)n2)cc1. The Labute approximate surface area is 113 Å². The van der Waals surface area contributed by atoms with Gasteiger partial charge in [-0.25, -0.2) is 4.98 Å². The monoisotopic (exact) mass is 255 g/mol. The van der Waals surface area contributed by atoms with Gasteiger partial charge in [0.05, 0.1) is 7.11 Å². The average Bonchev–Trinajstić information content (AvgIpc) is 2.45. The summed E-state index contributed by atoms with van der Waals surface area (Å²) in [5.41, 5.74) is 3.00. The van der Waals surface area contributed by atoms with Gasteiger partial charge in [-0.1, -0.05) is 36.9 Å². The molecule has 0 saturated heterocycles. The summed E-state index contributed by atoms with van der Waals surface area (Å²) in [6.45, 7) is 6.25. The molecule has 0 radical (unpaired) electrons. The largest absolute Gasteiger partial charge is 0.497 e. The molecule has 2 aromatic rings. The van der Waals surface area contributed by atoms with E-state index in [0.29, 0.717) is 18.2 Å². The minimum Gasteiger partial charge on any atom is -0.497 e. The molecule has 0 aliphatic heterocycles. The van der Waals surface area contributed by atoms with Crippen molar-refractivity contribution in [3.63, 3.8) is 0 Å². The summed E-state index contributed by atoms with van der Waals surface area (Å²) >= 11 is 0. The maximum Gasteiger partial charge on any atom is 0.213 e. The highest BCUT2D eigenvalue weighted by Crippen LogP contribution is 2.15. The zero-order valence-corrected chi connectivity index (χ0v) is 11.2. The highest BCUT2D eigenvalue weighted by molar-refractivity contribution is 5.57. The first-order chi connectivity index (χ1) is 9.19. The Hall–Kier alpha value is -2.29. The van der Waals surface area contributed by atoms with Crippen molar-refractivity contribution in [2.75, 3.05) is 7.11 Å². The second-order valence-corrected chi connectivity index (χ2v) is 4.23. The van der Waals surface area contributed by atoms with E-state index in [1.54, 1.807) is 7.11 Å². The van der Waals surface area contributed by atoms with Crippen LogP contribution in [0.4, 0.5) is 0 Å². The Morgan fingerprint density at radius 2 is 1.89 bits per heavy atom. The maximum atomic E-state index is 5.63. The molecule has 3 heteroatoms. The molecular weight excluding hydrogens is 238 g/mol. The topological polar surface area (TPSA) is 31.4 Å². The molecule has 0 atom stereocenters. The zero-order chi connectivity index (χ0) is 13.7. The number of rotatable bonds is 5. The number of pyridine rings is 1. The van der Waals surface area contributed by atoms with E-state index in [-0.39, 0.29) is 0 Å². The number of aromatic nitrogens is 1. The molecule has 0 aliphatic rings. The lowest BCUT2D eigenvalue weighted by molar-refractivity contribution is 0.293. The minimum atomic E-state index is 0.496. The van der Waals surface area contributed by atoms with Crippen molar-refractivity contribution in [2.45, 2.75) is 13.5 Å². The van der Waals surface area contributed by atoms with Crippen LogP contribution in [-0.4, -0.2) is 12.1 Å². The lowest BCUT2D eigenvalue weighted by atomic mass is 10.1. The summed E-state index contributed by atoms with van der Waals surface area (Å²) in [7, 11) is 1.61. The van der Waals surface area contributed by atoms with Crippen LogP contribution in [-0.2, 0) is 11.3 Å². The quantitative estimate of drug-likeness (QED) is 0.765. The number of aryl methyl sites for hydroxylation is 1. The third-order valence-corrected chi connectivity index (χ3v) is 2.77. The molecular formula is C16H17NO2. The first-order valence-electron chi connectivity index (χ1n) is 6.07. The third-order valence-electron chi connectivity index (χ3n) is 2.77. The van der Waals surface area contributed by atoms with Crippen molar-refractivity contribution in [2.24, 2.45) is 0 Å². The van der Waals surface area contributed by atoms with Crippen molar-refractivity contribution in [1.29, 1.82) is 0 Å². The van der Waals surface area contributed by atoms with E-state index in [2.05, 4.69) is 11.6 Å². The molecule has 0 amide bonds. The van der Waals surface area contributed by atoms with E-state index in [0.717, 1.165) is 16.8 Å². The molecule has 1 heterocycles. The van der Waals surface area contributed by atoms with Crippen LogP contribution < -0.4 is 4.74 Å². The molecule has 3 nitrogen and oxygen atoms in total. The standard InChI is InChI=1S/C16H17NO2/c1-12-5-4-6-16(17-12)19-11-14-7-9-15(10-8-14)13(2)18-3/h4-10H,2,11H2,1,3H3. The molecule has 19 heavy (non-hydrogen) atoms. The second-order valence-electron chi connectivity index (χ2n) is 4.23. The van der Waals surface area contributed by atoms with Crippen molar-refractivity contribution in [3.8, 4) is 5.88 Å². The molecule has 0 fully saturated rings. The van der Waals surface area contributed by atoms with Crippen molar-refractivity contribution in [1.82, 2.24) is 4.98 Å². The van der Waals surface area contributed by atoms with Gasteiger partial charge in [-0.3, -0.25) is 0 Å². The number of methoxy groups -OCH3 is 1. The van der Waals surface area contributed by atoms with Crippen LogP contribution in [0, 0.1) is 6.92 Å². The molecule has 2 rings (SSSR count). The van der Waals surface area contributed by atoms with Gasteiger partial charge in [0.2, 0.25) is 5.88 Å². The predicted octanol–water partition coefficient (Wildman–Crippen LogP) is 3.59. The lowest BCUT2D eigenvalue weighted by Gasteiger charge is -2.08. The van der Waals surface area contributed by atoms with Crippen molar-refractivity contribution >= 4 is 5.76 Å². The van der Waals surface area contributed by atoms with Gasteiger partial charge in [-0.15, -0.1) is 0 Å². The van der Waals surface area contributed by atoms with Gasteiger partial charge in [0.1, 0.15) is 12.4 Å². The summed E-state index contributed by atoms with van der Waals surface area (Å²) < 4.78 is 10.7. The first-order valence-corrected chi connectivity index (χ1v) is 6.07. The van der Waals surface area contributed by atoms with E-state index in [1.165, 1.54) is 0 Å². The van der Waals surface area contributed by atoms with Crippen LogP contribution in [0.15, 0.2) is 49.0 Å². The molecule has 0 N–H and O–H groups in total. The molecule has 0 unspecified atom stereocenters. The normalized spacial score (nSPS) is 10.0. The third kappa shape index (κ3) is 3.58. The highest BCUT2D eigenvalue weighted by Gasteiger charge is 2.00. The molecule has 1 aromatic carbocycles. The number of nitrogens with zero attached hydrogens (tertiary/aromatic N) is 1. The second kappa shape index (κ2) is 6.05. The molecule has 0 saturated carbocycles. The number of benzene rings is 1. The Morgan fingerprint density at radius 3 is 2.53 bits per heavy atom. The number of hydrogen-bond acceptors (Lipinski definition) is 3. The van der Waals surface area contributed by atoms with Gasteiger partial charge in [0.25, 0.3) is 0 Å². The number of hydrogen-bond donors (Lipinski definition) is 0. The van der Waals surface area contributed by atoms with Crippen molar-refractivity contribution < 1.29 is 9.47 Å². The smallest absolute Gasteiger partial charge is 0.213 e. The average molecular weight is 255 g/mol. The Kier molecular flexibility index (Phi) is 4.18. The summed E-state index contributed by atoms with van der Waals surface area (Å²) in [5.74, 6) is 1.30. The van der Waals surface area contributed by atoms with E-state index < -0.39 is 0 Å².